The van der Waals surface area contributed by atoms with Crippen molar-refractivity contribution >= 4 is 0 Å². The fourth-order valence-electron chi connectivity index (χ4n) is 2.77. The monoisotopic (exact) mass is 291 g/mol. The Hall–Kier alpha value is -1.06. The summed E-state index contributed by atoms with van der Waals surface area (Å²) in [5.74, 6) is 2.21. The standard InChI is InChI=1S/C18H29NO2/c1-4-9-20-17-7-5-6-15(11-17)18-16(8-10-21-18)13-19-12-14(2)3/h5-7,11,14,16,18-19H,4,8-10,12-13H2,1-3H3. The quantitative estimate of drug-likeness (QED) is 0.790. The van der Waals surface area contributed by atoms with Gasteiger partial charge in [-0.05, 0) is 43.0 Å². The number of ether oxygens (including phenoxy) is 2. The van der Waals surface area contributed by atoms with Gasteiger partial charge in [0.2, 0.25) is 0 Å². The van der Waals surface area contributed by atoms with E-state index in [1.807, 2.05) is 6.07 Å². The number of benzene rings is 1. The van der Waals surface area contributed by atoms with Gasteiger partial charge in [0.25, 0.3) is 0 Å². The maximum absolute atomic E-state index is 5.97. The lowest BCUT2D eigenvalue weighted by Crippen LogP contribution is -2.28. The van der Waals surface area contributed by atoms with Gasteiger partial charge in [-0.1, -0.05) is 32.9 Å². The van der Waals surface area contributed by atoms with Crippen molar-refractivity contribution in [3.05, 3.63) is 29.8 Å². The molecule has 0 aromatic heterocycles. The number of hydrogen-bond acceptors (Lipinski definition) is 3. The van der Waals surface area contributed by atoms with E-state index in [4.69, 9.17) is 9.47 Å². The molecule has 0 amide bonds. The molecule has 118 valence electrons. The summed E-state index contributed by atoms with van der Waals surface area (Å²) in [5, 5.41) is 3.56. The molecular formula is C18H29NO2. The number of nitrogens with one attached hydrogen (secondary N) is 1. The lowest BCUT2D eigenvalue weighted by atomic mass is 9.95. The van der Waals surface area contributed by atoms with Crippen molar-refractivity contribution in [3.63, 3.8) is 0 Å². The lowest BCUT2D eigenvalue weighted by molar-refractivity contribution is 0.0901. The minimum absolute atomic E-state index is 0.204. The summed E-state index contributed by atoms with van der Waals surface area (Å²) in [7, 11) is 0. The highest BCUT2D eigenvalue weighted by Crippen LogP contribution is 2.35. The largest absolute Gasteiger partial charge is 0.494 e. The van der Waals surface area contributed by atoms with Gasteiger partial charge < -0.3 is 14.8 Å². The Labute approximate surface area is 129 Å². The van der Waals surface area contributed by atoms with Crippen LogP contribution in [0.25, 0.3) is 0 Å². The Morgan fingerprint density at radius 2 is 2.24 bits per heavy atom. The summed E-state index contributed by atoms with van der Waals surface area (Å²) in [6, 6.07) is 8.39. The molecule has 2 unspecified atom stereocenters. The first-order valence-corrected chi connectivity index (χ1v) is 8.25. The van der Waals surface area contributed by atoms with Crippen LogP contribution in [-0.2, 0) is 4.74 Å². The summed E-state index contributed by atoms with van der Waals surface area (Å²) in [4.78, 5) is 0. The van der Waals surface area contributed by atoms with E-state index in [2.05, 4.69) is 44.3 Å². The van der Waals surface area contributed by atoms with Crippen LogP contribution < -0.4 is 10.1 Å². The molecule has 2 atom stereocenters. The molecule has 1 heterocycles. The van der Waals surface area contributed by atoms with Gasteiger partial charge in [0.1, 0.15) is 5.75 Å². The van der Waals surface area contributed by atoms with Crippen molar-refractivity contribution in [2.24, 2.45) is 11.8 Å². The average Bonchev–Trinajstić information content (AvgIpc) is 2.93. The molecule has 0 radical (unpaired) electrons. The van der Waals surface area contributed by atoms with E-state index in [1.165, 1.54) is 5.56 Å². The fraction of sp³-hybridized carbons (Fsp3) is 0.667. The third-order valence-electron chi connectivity index (χ3n) is 3.83. The molecule has 1 aliphatic heterocycles. The predicted octanol–water partition coefficient (Wildman–Crippen LogP) is 3.80. The molecule has 1 aliphatic rings. The van der Waals surface area contributed by atoms with E-state index >= 15 is 0 Å². The molecule has 0 saturated carbocycles. The van der Waals surface area contributed by atoms with Crippen LogP contribution in [0.15, 0.2) is 24.3 Å². The van der Waals surface area contributed by atoms with Crippen LogP contribution in [0.2, 0.25) is 0 Å². The Kier molecular flexibility index (Phi) is 6.52. The van der Waals surface area contributed by atoms with Gasteiger partial charge in [-0.2, -0.15) is 0 Å². The summed E-state index contributed by atoms with van der Waals surface area (Å²) in [6.45, 7) is 10.3. The molecule has 2 rings (SSSR count). The van der Waals surface area contributed by atoms with Crippen LogP contribution >= 0.6 is 0 Å². The van der Waals surface area contributed by atoms with Crippen LogP contribution in [0.1, 0.15) is 45.3 Å². The third-order valence-corrected chi connectivity index (χ3v) is 3.83. The SMILES string of the molecule is CCCOc1cccc(C2OCCC2CNCC(C)C)c1. The molecule has 0 aliphatic carbocycles. The number of rotatable bonds is 8. The highest BCUT2D eigenvalue weighted by atomic mass is 16.5. The zero-order chi connectivity index (χ0) is 15.1. The van der Waals surface area contributed by atoms with Crippen molar-refractivity contribution in [3.8, 4) is 5.75 Å². The van der Waals surface area contributed by atoms with Crippen molar-refractivity contribution in [2.75, 3.05) is 26.3 Å². The van der Waals surface area contributed by atoms with E-state index in [0.29, 0.717) is 11.8 Å². The second kappa shape index (κ2) is 8.40. The molecule has 1 aromatic rings. The zero-order valence-corrected chi connectivity index (χ0v) is 13.6. The average molecular weight is 291 g/mol. The number of hydrogen-bond donors (Lipinski definition) is 1. The van der Waals surface area contributed by atoms with Crippen LogP contribution in [0.3, 0.4) is 0 Å². The first kappa shape index (κ1) is 16.3. The third kappa shape index (κ3) is 5.01. The van der Waals surface area contributed by atoms with Gasteiger partial charge in [-0.25, -0.2) is 0 Å². The molecule has 3 heteroatoms. The molecule has 1 fully saturated rings. The predicted molar refractivity (Wildman–Crippen MR) is 86.7 cm³/mol. The fourth-order valence-corrected chi connectivity index (χ4v) is 2.77. The summed E-state index contributed by atoms with van der Waals surface area (Å²) in [6.07, 6.45) is 2.37. The van der Waals surface area contributed by atoms with Crippen molar-refractivity contribution < 1.29 is 9.47 Å². The normalized spacial score (nSPS) is 21.9. The molecule has 0 bridgehead atoms. The van der Waals surface area contributed by atoms with E-state index in [0.717, 1.165) is 44.9 Å². The maximum Gasteiger partial charge on any atom is 0.119 e. The minimum atomic E-state index is 0.204. The minimum Gasteiger partial charge on any atom is -0.494 e. The van der Waals surface area contributed by atoms with E-state index in [1.54, 1.807) is 0 Å². The molecular weight excluding hydrogens is 262 g/mol. The second-order valence-corrected chi connectivity index (χ2v) is 6.31. The van der Waals surface area contributed by atoms with E-state index < -0.39 is 0 Å². The Morgan fingerprint density at radius 3 is 3.00 bits per heavy atom. The van der Waals surface area contributed by atoms with Crippen LogP contribution in [0, 0.1) is 11.8 Å². The summed E-state index contributed by atoms with van der Waals surface area (Å²) >= 11 is 0. The Balaban J connectivity index is 1.95. The lowest BCUT2D eigenvalue weighted by Gasteiger charge is -2.20. The maximum atomic E-state index is 5.97. The van der Waals surface area contributed by atoms with Crippen molar-refractivity contribution in [1.82, 2.24) is 5.32 Å². The second-order valence-electron chi connectivity index (χ2n) is 6.31. The Morgan fingerprint density at radius 1 is 1.38 bits per heavy atom. The van der Waals surface area contributed by atoms with Crippen molar-refractivity contribution in [1.29, 1.82) is 0 Å². The first-order chi connectivity index (χ1) is 10.2. The van der Waals surface area contributed by atoms with Crippen LogP contribution in [-0.4, -0.2) is 26.3 Å². The van der Waals surface area contributed by atoms with Crippen LogP contribution in [0.4, 0.5) is 0 Å². The first-order valence-electron chi connectivity index (χ1n) is 8.25. The van der Waals surface area contributed by atoms with Gasteiger partial charge >= 0.3 is 0 Å². The zero-order valence-electron chi connectivity index (χ0n) is 13.6. The summed E-state index contributed by atoms with van der Waals surface area (Å²) < 4.78 is 11.7. The highest BCUT2D eigenvalue weighted by Gasteiger charge is 2.29. The molecule has 3 nitrogen and oxygen atoms in total. The van der Waals surface area contributed by atoms with E-state index in [-0.39, 0.29) is 6.10 Å². The van der Waals surface area contributed by atoms with Gasteiger partial charge in [-0.3, -0.25) is 0 Å². The smallest absolute Gasteiger partial charge is 0.119 e. The molecule has 0 spiro atoms. The van der Waals surface area contributed by atoms with Gasteiger partial charge in [0.15, 0.2) is 0 Å². The molecule has 1 N–H and O–H groups in total. The van der Waals surface area contributed by atoms with Gasteiger partial charge in [0, 0.05) is 19.1 Å². The highest BCUT2D eigenvalue weighted by molar-refractivity contribution is 5.30. The van der Waals surface area contributed by atoms with Gasteiger partial charge in [0.05, 0.1) is 12.7 Å². The molecule has 1 saturated heterocycles. The molecule has 21 heavy (non-hydrogen) atoms. The van der Waals surface area contributed by atoms with Crippen LogP contribution in [0.5, 0.6) is 5.75 Å². The Bertz CT molecular complexity index is 419. The summed E-state index contributed by atoms with van der Waals surface area (Å²) in [5.41, 5.74) is 1.25. The van der Waals surface area contributed by atoms with Gasteiger partial charge in [-0.15, -0.1) is 0 Å². The topological polar surface area (TPSA) is 30.5 Å². The van der Waals surface area contributed by atoms with Crippen molar-refractivity contribution in [2.45, 2.75) is 39.7 Å². The molecule has 1 aromatic carbocycles. The van der Waals surface area contributed by atoms with E-state index in [9.17, 15) is 0 Å².